The number of hydrogen-bond acceptors (Lipinski definition) is 3. The molecule has 176 valence electrons. The Bertz CT molecular complexity index is 1260. The minimum Gasteiger partial charge on any atom is -0.493 e. The van der Waals surface area contributed by atoms with Gasteiger partial charge in [-0.25, -0.2) is 4.39 Å². The van der Waals surface area contributed by atoms with Crippen molar-refractivity contribution in [2.45, 2.75) is 25.8 Å². The Balaban J connectivity index is 1.35. The van der Waals surface area contributed by atoms with Gasteiger partial charge in [-0.15, -0.1) is 0 Å². The Morgan fingerprint density at radius 2 is 1.65 bits per heavy atom. The number of hydrogen-bond donors (Lipinski definition) is 1. The molecule has 4 aromatic rings. The maximum atomic E-state index is 13.3. The zero-order chi connectivity index (χ0) is 23.9. The van der Waals surface area contributed by atoms with Crippen LogP contribution in [0.4, 0.5) is 4.39 Å². The number of methoxy groups -OCH3 is 2. The van der Waals surface area contributed by atoms with Crippen LogP contribution in [0.5, 0.6) is 11.5 Å². The van der Waals surface area contributed by atoms with Gasteiger partial charge < -0.3 is 19.4 Å². The monoisotopic (exact) mass is 460 g/mol. The molecule has 34 heavy (non-hydrogen) atoms. The summed E-state index contributed by atoms with van der Waals surface area (Å²) in [6, 6.07) is 20.5. The van der Waals surface area contributed by atoms with Gasteiger partial charge in [-0.2, -0.15) is 0 Å². The second-order valence-electron chi connectivity index (χ2n) is 8.22. The first-order valence-corrected chi connectivity index (χ1v) is 11.4. The minimum atomic E-state index is -0.237. The summed E-state index contributed by atoms with van der Waals surface area (Å²) in [7, 11) is 3.22. The molecule has 0 unspecified atom stereocenters. The van der Waals surface area contributed by atoms with Crippen LogP contribution in [0.25, 0.3) is 10.9 Å². The topological polar surface area (TPSA) is 52.5 Å². The molecule has 0 radical (unpaired) electrons. The Labute approximate surface area is 199 Å². The summed E-state index contributed by atoms with van der Waals surface area (Å²) in [5.74, 6) is 1.16. The Hall–Kier alpha value is -3.80. The van der Waals surface area contributed by atoms with Crippen molar-refractivity contribution >= 4 is 16.8 Å². The molecule has 0 saturated heterocycles. The summed E-state index contributed by atoms with van der Waals surface area (Å²) >= 11 is 0. The average Bonchev–Trinajstić information content (AvgIpc) is 3.21. The highest BCUT2D eigenvalue weighted by atomic mass is 19.1. The summed E-state index contributed by atoms with van der Waals surface area (Å²) in [6.45, 7) is 1.21. The van der Waals surface area contributed by atoms with E-state index in [4.69, 9.17) is 9.47 Å². The number of nitrogens with one attached hydrogen (secondary N) is 1. The summed E-state index contributed by atoms with van der Waals surface area (Å²) in [6.07, 6.45) is 3.88. The largest absolute Gasteiger partial charge is 0.493 e. The Morgan fingerprint density at radius 3 is 2.41 bits per heavy atom. The van der Waals surface area contributed by atoms with Gasteiger partial charge in [0.1, 0.15) is 5.82 Å². The summed E-state index contributed by atoms with van der Waals surface area (Å²) in [4.78, 5) is 12.5. The number of ether oxygens (including phenoxy) is 2. The predicted molar refractivity (Wildman–Crippen MR) is 132 cm³/mol. The highest BCUT2D eigenvalue weighted by Gasteiger charge is 2.11. The highest BCUT2D eigenvalue weighted by molar-refractivity contribution is 5.85. The number of fused-ring (bicyclic) bond motifs is 1. The van der Waals surface area contributed by atoms with Gasteiger partial charge in [0.25, 0.3) is 0 Å². The second kappa shape index (κ2) is 10.9. The van der Waals surface area contributed by atoms with Crippen molar-refractivity contribution in [3.8, 4) is 11.5 Å². The van der Waals surface area contributed by atoms with Gasteiger partial charge in [-0.05, 0) is 59.9 Å². The van der Waals surface area contributed by atoms with Gasteiger partial charge in [-0.1, -0.05) is 36.4 Å². The van der Waals surface area contributed by atoms with E-state index in [9.17, 15) is 9.18 Å². The molecule has 3 aromatic carbocycles. The number of halogens is 1. The van der Waals surface area contributed by atoms with Gasteiger partial charge in [0.2, 0.25) is 5.91 Å². The van der Waals surface area contributed by atoms with Crippen molar-refractivity contribution in [2.24, 2.45) is 0 Å². The SMILES string of the molecule is COc1ccc(CCNC(=O)CCc2cn(Cc3ccc(F)cc3)c3ccccc23)cc1OC. The normalized spacial score (nSPS) is 10.9. The van der Waals surface area contributed by atoms with Crippen LogP contribution in [0, 0.1) is 5.82 Å². The van der Waals surface area contributed by atoms with Crippen LogP contribution in [0.3, 0.4) is 0 Å². The molecule has 0 bridgehead atoms. The second-order valence-corrected chi connectivity index (χ2v) is 8.22. The van der Waals surface area contributed by atoms with E-state index < -0.39 is 0 Å². The van der Waals surface area contributed by atoms with Crippen LogP contribution >= 0.6 is 0 Å². The number of para-hydroxylation sites is 1. The van der Waals surface area contributed by atoms with Crippen molar-refractivity contribution < 1.29 is 18.7 Å². The fourth-order valence-electron chi connectivity index (χ4n) is 4.16. The third-order valence-electron chi connectivity index (χ3n) is 5.94. The first-order valence-electron chi connectivity index (χ1n) is 11.4. The molecule has 1 N–H and O–H groups in total. The lowest BCUT2D eigenvalue weighted by Gasteiger charge is -2.10. The van der Waals surface area contributed by atoms with Crippen LogP contribution in [0.1, 0.15) is 23.1 Å². The first kappa shape index (κ1) is 23.4. The quantitative estimate of drug-likeness (QED) is 0.357. The van der Waals surface area contributed by atoms with Crippen molar-refractivity contribution in [3.05, 3.63) is 95.4 Å². The zero-order valence-electron chi connectivity index (χ0n) is 19.5. The smallest absolute Gasteiger partial charge is 0.220 e. The van der Waals surface area contributed by atoms with E-state index in [1.807, 2.05) is 30.3 Å². The van der Waals surface area contributed by atoms with E-state index in [1.165, 1.54) is 12.1 Å². The predicted octanol–water partition coefficient (Wildman–Crippen LogP) is 5.14. The summed E-state index contributed by atoms with van der Waals surface area (Å²) in [5.41, 5.74) is 4.34. The molecular weight excluding hydrogens is 431 g/mol. The lowest BCUT2D eigenvalue weighted by atomic mass is 10.1. The van der Waals surface area contributed by atoms with Crippen molar-refractivity contribution in [1.29, 1.82) is 0 Å². The number of aryl methyl sites for hydroxylation is 1. The number of amides is 1. The van der Waals surface area contributed by atoms with Crippen LogP contribution in [-0.4, -0.2) is 31.2 Å². The van der Waals surface area contributed by atoms with Crippen LogP contribution in [0.15, 0.2) is 72.9 Å². The fraction of sp³-hybridized carbons (Fsp3) is 0.250. The van der Waals surface area contributed by atoms with E-state index in [0.29, 0.717) is 43.9 Å². The van der Waals surface area contributed by atoms with Crippen LogP contribution in [-0.2, 0) is 24.2 Å². The molecule has 5 nitrogen and oxygen atoms in total. The first-order chi connectivity index (χ1) is 16.6. The molecular formula is C28H29FN2O3. The van der Waals surface area contributed by atoms with Gasteiger partial charge in [0.15, 0.2) is 11.5 Å². The Morgan fingerprint density at radius 1 is 0.912 bits per heavy atom. The zero-order valence-corrected chi connectivity index (χ0v) is 19.5. The lowest BCUT2D eigenvalue weighted by Crippen LogP contribution is -2.25. The number of carbonyl (C=O) groups excluding carboxylic acids is 1. The molecule has 1 aromatic heterocycles. The number of nitrogens with zero attached hydrogens (tertiary/aromatic N) is 1. The van der Waals surface area contributed by atoms with Gasteiger partial charge >= 0.3 is 0 Å². The van der Waals surface area contributed by atoms with Gasteiger partial charge in [0, 0.05) is 36.6 Å². The average molecular weight is 461 g/mol. The molecule has 0 aliphatic rings. The molecule has 1 amide bonds. The summed E-state index contributed by atoms with van der Waals surface area (Å²) < 4.78 is 26.0. The number of benzene rings is 3. The standard InChI is InChI=1S/C28H29FN2O3/c1-33-26-13-9-20(17-27(26)34-2)15-16-30-28(32)14-10-22-19-31(25-6-4-3-5-24(22)25)18-21-7-11-23(29)12-8-21/h3-9,11-13,17,19H,10,14-16,18H2,1-2H3,(H,30,32). The van der Waals surface area contributed by atoms with Crippen molar-refractivity contribution in [3.63, 3.8) is 0 Å². The van der Waals surface area contributed by atoms with Crippen molar-refractivity contribution in [1.82, 2.24) is 9.88 Å². The number of rotatable bonds is 10. The maximum absolute atomic E-state index is 13.3. The van der Waals surface area contributed by atoms with Crippen LogP contribution in [0.2, 0.25) is 0 Å². The van der Waals surface area contributed by atoms with E-state index in [2.05, 4.69) is 28.2 Å². The maximum Gasteiger partial charge on any atom is 0.220 e. The Kier molecular flexibility index (Phi) is 7.48. The number of carbonyl (C=O) groups is 1. The van der Waals surface area contributed by atoms with Gasteiger partial charge in [-0.3, -0.25) is 4.79 Å². The highest BCUT2D eigenvalue weighted by Crippen LogP contribution is 2.27. The third kappa shape index (κ3) is 5.57. The van der Waals surface area contributed by atoms with E-state index in [1.54, 1.807) is 26.4 Å². The lowest BCUT2D eigenvalue weighted by molar-refractivity contribution is -0.121. The molecule has 0 saturated carbocycles. The van der Waals surface area contributed by atoms with Crippen molar-refractivity contribution in [2.75, 3.05) is 20.8 Å². The molecule has 0 aliphatic heterocycles. The van der Waals surface area contributed by atoms with E-state index in [-0.39, 0.29) is 11.7 Å². The number of aromatic nitrogens is 1. The fourth-order valence-corrected chi connectivity index (χ4v) is 4.16. The third-order valence-corrected chi connectivity index (χ3v) is 5.94. The molecule has 0 aliphatic carbocycles. The molecule has 4 rings (SSSR count). The van der Waals surface area contributed by atoms with E-state index in [0.717, 1.165) is 27.6 Å². The molecule has 0 fully saturated rings. The minimum absolute atomic E-state index is 0.0239. The molecule has 0 atom stereocenters. The van der Waals surface area contributed by atoms with Crippen LogP contribution < -0.4 is 14.8 Å². The van der Waals surface area contributed by atoms with Gasteiger partial charge in [0.05, 0.1) is 14.2 Å². The molecule has 0 spiro atoms. The molecule has 6 heteroatoms. The summed E-state index contributed by atoms with van der Waals surface area (Å²) in [5, 5.41) is 4.16. The van der Waals surface area contributed by atoms with E-state index >= 15 is 0 Å². The molecule has 1 heterocycles.